The van der Waals surface area contributed by atoms with E-state index in [1.165, 1.54) is 24.8 Å². The minimum absolute atomic E-state index is 0.0788. The topological polar surface area (TPSA) is 44.4 Å². The Morgan fingerprint density at radius 1 is 1.21 bits per heavy atom. The molecule has 0 aromatic heterocycles. The van der Waals surface area contributed by atoms with Crippen molar-refractivity contribution in [3.05, 3.63) is 35.9 Å². The van der Waals surface area contributed by atoms with Gasteiger partial charge in [-0.15, -0.1) is 0 Å². The average molecular weight is 346 g/mol. The predicted octanol–water partition coefficient (Wildman–Crippen LogP) is 2.63. The van der Waals surface area contributed by atoms with Gasteiger partial charge in [-0.1, -0.05) is 30.3 Å². The number of thiocarbonyl (C=S) groups is 1. The highest BCUT2D eigenvalue weighted by Crippen LogP contribution is 2.34. The van der Waals surface area contributed by atoms with E-state index in [1.54, 1.807) is 6.92 Å². The summed E-state index contributed by atoms with van der Waals surface area (Å²) in [5.41, 5.74) is 1.33. The molecule has 24 heavy (non-hydrogen) atoms. The molecule has 0 saturated carbocycles. The van der Waals surface area contributed by atoms with Gasteiger partial charge in [-0.05, 0) is 56.3 Å². The molecule has 0 aliphatic carbocycles. The van der Waals surface area contributed by atoms with Crippen molar-refractivity contribution in [2.24, 2.45) is 0 Å². The van der Waals surface area contributed by atoms with Crippen molar-refractivity contribution >= 4 is 23.2 Å². The molecule has 5 heteroatoms. The molecule has 1 unspecified atom stereocenters. The summed E-state index contributed by atoms with van der Waals surface area (Å²) in [5, 5.41) is 7.45. The lowest BCUT2D eigenvalue weighted by atomic mass is 9.82. The molecule has 3 rings (SSSR count). The first-order valence-corrected chi connectivity index (χ1v) is 9.41. The fourth-order valence-corrected chi connectivity index (χ4v) is 4.57. The van der Waals surface area contributed by atoms with E-state index in [1.807, 2.05) is 6.07 Å². The van der Waals surface area contributed by atoms with Crippen molar-refractivity contribution in [1.29, 1.82) is 0 Å². The molecule has 4 nitrogen and oxygen atoms in total. The highest BCUT2D eigenvalue weighted by molar-refractivity contribution is 7.80. The lowest BCUT2D eigenvalue weighted by molar-refractivity contribution is -0.120. The van der Waals surface area contributed by atoms with E-state index in [-0.39, 0.29) is 5.91 Å². The van der Waals surface area contributed by atoms with E-state index in [0.717, 1.165) is 30.9 Å². The summed E-state index contributed by atoms with van der Waals surface area (Å²) in [7, 11) is 0. The molecule has 2 saturated heterocycles. The summed E-state index contributed by atoms with van der Waals surface area (Å²) < 4.78 is 0. The number of amides is 1. The fourth-order valence-electron chi connectivity index (χ4n) is 4.17. The van der Waals surface area contributed by atoms with Crippen molar-refractivity contribution in [3.63, 3.8) is 0 Å². The van der Waals surface area contributed by atoms with Crippen molar-refractivity contribution in [2.45, 2.75) is 63.6 Å². The number of nitrogens with zero attached hydrogens (tertiary/aromatic N) is 1. The fraction of sp³-hybridized carbons (Fsp3) is 0.579. The van der Waals surface area contributed by atoms with Gasteiger partial charge in [0.25, 0.3) is 0 Å². The van der Waals surface area contributed by atoms with E-state index in [9.17, 15) is 4.79 Å². The van der Waals surface area contributed by atoms with E-state index in [2.05, 4.69) is 39.8 Å². The first-order chi connectivity index (χ1) is 11.6. The first-order valence-electron chi connectivity index (χ1n) is 9.00. The number of hydrogen-bond donors (Lipinski definition) is 2. The summed E-state index contributed by atoms with van der Waals surface area (Å²) in [6, 6.07) is 11.7. The van der Waals surface area contributed by atoms with Crippen molar-refractivity contribution < 1.29 is 4.79 Å². The van der Waals surface area contributed by atoms with Gasteiger partial charge in [-0.25, -0.2) is 0 Å². The van der Waals surface area contributed by atoms with Crippen LogP contribution in [0.2, 0.25) is 0 Å². The van der Waals surface area contributed by atoms with Crippen molar-refractivity contribution in [3.8, 4) is 0 Å². The maximum Gasteiger partial charge on any atom is 0.217 e. The van der Waals surface area contributed by atoms with Crippen molar-refractivity contribution in [1.82, 2.24) is 15.5 Å². The number of nitrogens with one attached hydrogen (secondary N) is 2. The third-order valence-electron chi connectivity index (χ3n) is 5.15. The standard InChI is InChI=1S/C19H27N3OS/c1-14(23)21-16-12-17-8-5-9-18(13-16)22(17)19(24)20-11-10-15-6-3-2-4-7-15/h2-4,6-7,16-18H,5,8-13H2,1H3,(H,20,24)(H,21,23)/t16?,17-,18+. The molecule has 2 bridgehead atoms. The maximum atomic E-state index is 11.4. The van der Waals surface area contributed by atoms with Gasteiger partial charge in [0.15, 0.2) is 5.11 Å². The number of hydrogen-bond acceptors (Lipinski definition) is 2. The van der Waals surface area contributed by atoms with Gasteiger partial charge < -0.3 is 15.5 Å². The van der Waals surface area contributed by atoms with Crippen LogP contribution in [-0.4, -0.2) is 40.6 Å². The smallest absolute Gasteiger partial charge is 0.217 e. The van der Waals surface area contributed by atoms with E-state index >= 15 is 0 Å². The number of fused-ring (bicyclic) bond motifs is 2. The second kappa shape index (κ2) is 7.97. The van der Waals surface area contributed by atoms with Crippen LogP contribution in [0.15, 0.2) is 30.3 Å². The molecule has 2 N–H and O–H groups in total. The van der Waals surface area contributed by atoms with Gasteiger partial charge in [0, 0.05) is 31.6 Å². The quantitative estimate of drug-likeness (QED) is 0.824. The minimum Gasteiger partial charge on any atom is -0.362 e. The Labute approximate surface area is 150 Å². The molecule has 1 aromatic carbocycles. The predicted molar refractivity (Wildman–Crippen MR) is 101 cm³/mol. The lowest BCUT2D eigenvalue weighted by Gasteiger charge is -2.50. The Balaban J connectivity index is 1.53. The number of benzene rings is 1. The second-order valence-electron chi connectivity index (χ2n) is 6.98. The molecule has 1 aromatic rings. The number of carbonyl (C=O) groups excluding carboxylic acids is 1. The van der Waals surface area contributed by atoms with Crippen LogP contribution in [0.1, 0.15) is 44.6 Å². The summed E-state index contributed by atoms with van der Waals surface area (Å²) in [5.74, 6) is 0.0788. The largest absolute Gasteiger partial charge is 0.362 e. The molecule has 2 heterocycles. The van der Waals surface area contributed by atoms with Crippen LogP contribution in [0.5, 0.6) is 0 Å². The molecule has 2 aliphatic rings. The van der Waals surface area contributed by atoms with Crippen LogP contribution in [0.4, 0.5) is 0 Å². The third kappa shape index (κ3) is 4.26. The zero-order chi connectivity index (χ0) is 16.9. The van der Waals surface area contributed by atoms with Crippen LogP contribution in [-0.2, 0) is 11.2 Å². The van der Waals surface area contributed by atoms with Crippen LogP contribution >= 0.6 is 12.2 Å². The van der Waals surface area contributed by atoms with E-state index < -0.39 is 0 Å². The molecular formula is C19H27N3OS. The molecule has 2 aliphatic heterocycles. The maximum absolute atomic E-state index is 11.4. The summed E-state index contributed by atoms with van der Waals surface area (Å²) in [4.78, 5) is 13.8. The zero-order valence-electron chi connectivity index (χ0n) is 14.3. The molecule has 1 amide bonds. The first kappa shape index (κ1) is 17.2. The Morgan fingerprint density at radius 3 is 2.50 bits per heavy atom. The monoisotopic (exact) mass is 345 g/mol. The highest BCUT2D eigenvalue weighted by atomic mass is 32.1. The highest BCUT2D eigenvalue weighted by Gasteiger charge is 2.39. The SMILES string of the molecule is CC(=O)NC1C[C@H]2CCC[C@@H](C1)N2C(=S)NCCc1ccccc1. The molecule has 0 spiro atoms. The van der Waals surface area contributed by atoms with Gasteiger partial charge in [0.1, 0.15) is 0 Å². The Hall–Kier alpha value is -1.62. The normalized spacial score (nSPS) is 25.9. The van der Waals surface area contributed by atoms with Crippen molar-refractivity contribution in [2.75, 3.05) is 6.54 Å². The van der Waals surface area contributed by atoms with Gasteiger partial charge in [-0.3, -0.25) is 4.79 Å². The van der Waals surface area contributed by atoms with Crippen LogP contribution < -0.4 is 10.6 Å². The second-order valence-corrected chi connectivity index (χ2v) is 7.37. The number of rotatable bonds is 4. The van der Waals surface area contributed by atoms with Crippen LogP contribution in [0.25, 0.3) is 0 Å². The zero-order valence-corrected chi connectivity index (χ0v) is 15.1. The van der Waals surface area contributed by atoms with Gasteiger partial charge in [0.2, 0.25) is 5.91 Å². The molecular weight excluding hydrogens is 318 g/mol. The summed E-state index contributed by atoms with van der Waals surface area (Å²) in [6.07, 6.45) is 6.62. The Morgan fingerprint density at radius 2 is 1.88 bits per heavy atom. The number of piperidine rings is 2. The number of carbonyl (C=O) groups is 1. The molecule has 2 fully saturated rings. The van der Waals surface area contributed by atoms with E-state index in [0.29, 0.717) is 18.1 Å². The lowest BCUT2D eigenvalue weighted by Crippen LogP contribution is -2.60. The average Bonchev–Trinajstić information content (AvgIpc) is 2.54. The Kier molecular flexibility index (Phi) is 5.72. The Bertz CT molecular complexity index is 563. The van der Waals surface area contributed by atoms with Crippen LogP contribution in [0.3, 0.4) is 0 Å². The van der Waals surface area contributed by atoms with Crippen LogP contribution in [0, 0.1) is 0 Å². The van der Waals surface area contributed by atoms with Gasteiger partial charge in [-0.2, -0.15) is 0 Å². The summed E-state index contributed by atoms with van der Waals surface area (Å²) >= 11 is 5.70. The van der Waals surface area contributed by atoms with E-state index in [4.69, 9.17) is 12.2 Å². The van der Waals surface area contributed by atoms with Gasteiger partial charge >= 0.3 is 0 Å². The summed E-state index contributed by atoms with van der Waals surface area (Å²) in [6.45, 7) is 2.48. The molecule has 130 valence electrons. The molecule has 3 atom stereocenters. The minimum atomic E-state index is 0.0788. The van der Waals surface area contributed by atoms with Gasteiger partial charge in [0.05, 0.1) is 0 Å². The molecule has 0 radical (unpaired) electrons. The third-order valence-corrected chi connectivity index (χ3v) is 5.50.